The molecular weight excluding hydrogens is 357 g/mol. The van der Waals surface area contributed by atoms with Crippen LogP contribution in [-0.4, -0.2) is 52.1 Å². The lowest BCUT2D eigenvalue weighted by Crippen LogP contribution is -2.45. The fraction of sp³-hybridized carbons (Fsp3) is 0.471. The summed E-state index contributed by atoms with van der Waals surface area (Å²) in [5, 5.41) is 0.298. The maximum absolute atomic E-state index is 14.8. The molecule has 0 atom stereocenters. The number of anilines is 1. The molecule has 4 heterocycles. The summed E-state index contributed by atoms with van der Waals surface area (Å²) in [6, 6.07) is 1.47. The van der Waals surface area contributed by atoms with Crippen molar-refractivity contribution < 1.29 is 4.39 Å². The molecule has 0 bridgehead atoms. The summed E-state index contributed by atoms with van der Waals surface area (Å²) in [5.74, 6) is -0.214. The molecule has 9 heteroatoms. The maximum atomic E-state index is 14.8. The highest BCUT2D eigenvalue weighted by Crippen LogP contribution is 2.39. The summed E-state index contributed by atoms with van der Waals surface area (Å²) >= 11 is 1.16. The third-order valence-corrected chi connectivity index (χ3v) is 6.13. The molecule has 1 aliphatic carbocycles. The van der Waals surface area contributed by atoms with Crippen LogP contribution < -0.4 is 15.9 Å². The highest BCUT2D eigenvalue weighted by molar-refractivity contribution is 7.12. The van der Waals surface area contributed by atoms with Gasteiger partial charge in [-0.2, -0.15) is 0 Å². The number of hydrogen-bond donors (Lipinski definition) is 1. The van der Waals surface area contributed by atoms with Crippen molar-refractivity contribution in [1.82, 2.24) is 18.8 Å². The average Bonchev–Trinajstić information content (AvgIpc) is 3.39. The Morgan fingerprint density at radius 3 is 2.65 bits per heavy atom. The summed E-state index contributed by atoms with van der Waals surface area (Å²) in [6.07, 6.45) is 1.95. The van der Waals surface area contributed by atoms with Gasteiger partial charge in [-0.05, 0) is 37.5 Å². The molecule has 7 nitrogen and oxygen atoms in total. The number of nitrogens with one attached hydrogen (secondary N) is 1. The number of halogens is 1. The van der Waals surface area contributed by atoms with E-state index in [1.807, 2.05) is 16.5 Å². The summed E-state index contributed by atoms with van der Waals surface area (Å²) < 4.78 is 19.4. The van der Waals surface area contributed by atoms with Gasteiger partial charge >= 0.3 is 0 Å². The number of fused-ring (bicyclic) bond motifs is 2. The van der Waals surface area contributed by atoms with Gasteiger partial charge in [0, 0.05) is 32.2 Å². The molecule has 2 fully saturated rings. The number of aromatic amines is 1. The van der Waals surface area contributed by atoms with E-state index in [1.165, 1.54) is 6.07 Å². The lowest BCUT2D eigenvalue weighted by Gasteiger charge is -2.33. The van der Waals surface area contributed by atoms with Crippen molar-refractivity contribution in [2.45, 2.75) is 18.9 Å². The first-order chi connectivity index (χ1) is 12.5. The van der Waals surface area contributed by atoms with Gasteiger partial charge in [-0.15, -0.1) is 0 Å². The Morgan fingerprint density at radius 1 is 1.23 bits per heavy atom. The van der Waals surface area contributed by atoms with E-state index in [-0.39, 0.29) is 16.8 Å². The number of pyridine rings is 2. The normalized spacial score (nSPS) is 18.9. The Hall–Kier alpha value is -2.26. The van der Waals surface area contributed by atoms with Crippen LogP contribution in [0.2, 0.25) is 0 Å². The van der Waals surface area contributed by atoms with Crippen molar-refractivity contribution >= 4 is 38.6 Å². The number of piperazine rings is 1. The van der Waals surface area contributed by atoms with Crippen molar-refractivity contribution in [2.24, 2.45) is 0 Å². The first-order valence-electron chi connectivity index (χ1n) is 8.74. The van der Waals surface area contributed by atoms with Crippen molar-refractivity contribution in [3.8, 4) is 0 Å². The molecule has 3 aromatic heterocycles. The summed E-state index contributed by atoms with van der Waals surface area (Å²) in [4.78, 5) is 34.2. The molecule has 3 aromatic rings. The van der Waals surface area contributed by atoms with Gasteiger partial charge in [0.25, 0.3) is 5.56 Å². The zero-order chi connectivity index (χ0) is 18.0. The van der Waals surface area contributed by atoms with Crippen LogP contribution in [0, 0.1) is 5.82 Å². The van der Waals surface area contributed by atoms with E-state index in [4.69, 9.17) is 0 Å². The van der Waals surface area contributed by atoms with Crippen molar-refractivity contribution in [3.05, 3.63) is 32.5 Å². The predicted octanol–water partition coefficient (Wildman–Crippen LogP) is 1.53. The zero-order valence-electron chi connectivity index (χ0n) is 14.3. The van der Waals surface area contributed by atoms with Gasteiger partial charge in [-0.1, -0.05) is 0 Å². The Morgan fingerprint density at radius 2 is 1.96 bits per heavy atom. The van der Waals surface area contributed by atoms with Crippen LogP contribution in [0.25, 0.3) is 21.3 Å². The molecule has 26 heavy (non-hydrogen) atoms. The third kappa shape index (κ3) is 2.30. The summed E-state index contributed by atoms with van der Waals surface area (Å²) in [7, 11) is 2.04. The SMILES string of the molecule is CN1CCN(c2nc3c(cc2F)c(=O)c2c(=O)[nH]sc2n3C2CC2)CC1. The summed E-state index contributed by atoms with van der Waals surface area (Å²) in [6.45, 7) is 3.07. The standard InChI is InChI=1S/C17H18FN5O2S/c1-21-4-6-22(7-5-21)15-11(18)8-10-13(24)12-16(25)20-26-17(12)23(9-2-3-9)14(10)19-15/h8-9H,2-7H2,1H3,(H,20,25). The van der Waals surface area contributed by atoms with Gasteiger partial charge in [0.05, 0.1) is 5.39 Å². The second-order valence-electron chi connectivity index (χ2n) is 7.10. The molecule has 0 unspecified atom stereocenters. The number of hydrogen-bond acceptors (Lipinski definition) is 6. The summed E-state index contributed by atoms with van der Waals surface area (Å²) in [5.41, 5.74) is -0.365. The van der Waals surface area contributed by atoms with Crippen LogP contribution in [0.5, 0.6) is 0 Å². The fourth-order valence-corrected chi connectivity index (χ4v) is 4.54. The average molecular weight is 375 g/mol. The lowest BCUT2D eigenvalue weighted by atomic mass is 10.2. The number of rotatable bonds is 2. The smallest absolute Gasteiger partial charge is 0.271 e. The molecule has 0 amide bonds. The van der Waals surface area contributed by atoms with Crippen LogP contribution in [0.1, 0.15) is 18.9 Å². The Kier molecular flexibility index (Phi) is 3.45. The molecule has 0 spiro atoms. The number of nitrogens with zero attached hydrogens (tertiary/aromatic N) is 4. The molecule has 1 N–H and O–H groups in total. The minimum atomic E-state index is -0.507. The van der Waals surface area contributed by atoms with Gasteiger partial charge in [-0.3, -0.25) is 14.0 Å². The second kappa shape index (κ2) is 5.62. The van der Waals surface area contributed by atoms with E-state index < -0.39 is 16.8 Å². The zero-order valence-corrected chi connectivity index (χ0v) is 15.1. The van der Waals surface area contributed by atoms with E-state index in [0.717, 1.165) is 37.5 Å². The first-order valence-corrected chi connectivity index (χ1v) is 9.55. The van der Waals surface area contributed by atoms with Crippen LogP contribution in [0.15, 0.2) is 15.7 Å². The molecule has 0 aromatic carbocycles. The van der Waals surface area contributed by atoms with E-state index in [9.17, 15) is 14.0 Å². The quantitative estimate of drug-likeness (QED) is 0.735. The van der Waals surface area contributed by atoms with Crippen molar-refractivity contribution in [1.29, 1.82) is 0 Å². The van der Waals surface area contributed by atoms with Gasteiger partial charge in [0.1, 0.15) is 15.9 Å². The molecule has 1 aliphatic heterocycles. The fourth-order valence-electron chi connectivity index (χ4n) is 3.63. The van der Waals surface area contributed by atoms with Gasteiger partial charge in [0.15, 0.2) is 11.6 Å². The van der Waals surface area contributed by atoms with E-state index >= 15 is 0 Å². The van der Waals surface area contributed by atoms with Crippen LogP contribution in [0.3, 0.4) is 0 Å². The molecule has 1 saturated carbocycles. The van der Waals surface area contributed by atoms with Gasteiger partial charge in [-0.25, -0.2) is 9.37 Å². The second-order valence-corrected chi connectivity index (χ2v) is 7.89. The van der Waals surface area contributed by atoms with Crippen LogP contribution in [0.4, 0.5) is 10.2 Å². The number of H-pyrrole nitrogens is 1. The molecule has 1 saturated heterocycles. The Balaban J connectivity index is 1.80. The maximum Gasteiger partial charge on any atom is 0.271 e. The number of likely N-dealkylation sites (N-methyl/N-ethyl adjacent to an activating group) is 1. The highest BCUT2D eigenvalue weighted by Gasteiger charge is 2.30. The third-order valence-electron chi connectivity index (χ3n) is 5.25. The topological polar surface area (TPSA) is 74.2 Å². The van der Waals surface area contributed by atoms with Crippen molar-refractivity contribution in [3.63, 3.8) is 0 Å². The first kappa shape index (κ1) is 16.0. The Bertz CT molecular complexity index is 1140. The largest absolute Gasteiger partial charge is 0.352 e. The predicted molar refractivity (Wildman–Crippen MR) is 99.9 cm³/mol. The minimum Gasteiger partial charge on any atom is -0.352 e. The van der Waals surface area contributed by atoms with Crippen LogP contribution in [-0.2, 0) is 0 Å². The molecular formula is C17H18FN5O2S. The van der Waals surface area contributed by atoms with Gasteiger partial charge in [0.2, 0.25) is 5.43 Å². The molecule has 136 valence electrons. The molecule has 0 radical (unpaired) electrons. The molecule has 5 rings (SSSR count). The monoisotopic (exact) mass is 375 g/mol. The van der Waals surface area contributed by atoms with Crippen molar-refractivity contribution in [2.75, 3.05) is 38.1 Å². The van der Waals surface area contributed by atoms with E-state index in [0.29, 0.717) is 29.4 Å². The van der Waals surface area contributed by atoms with Gasteiger partial charge < -0.3 is 14.4 Å². The minimum absolute atomic E-state index is 0.114. The highest BCUT2D eigenvalue weighted by atomic mass is 32.1. The van der Waals surface area contributed by atoms with Crippen LogP contribution >= 0.6 is 11.5 Å². The number of aromatic nitrogens is 3. The Labute approximate surface area is 151 Å². The lowest BCUT2D eigenvalue weighted by molar-refractivity contribution is 0.311. The van der Waals surface area contributed by atoms with E-state index in [2.05, 4.69) is 14.3 Å². The van der Waals surface area contributed by atoms with E-state index in [1.54, 1.807) is 0 Å². The molecule has 2 aliphatic rings.